The SMILES string of the molecule is O=C(NC(c1ccccc1)c1ccccc1)N1CCCC(Oc2ccncn2)C1. The summed E-state index contributed by atoms with van der Waals surface area (Å²) in [6.07, 6.45) is 4.84. The van der Waals surface area contributed by atoms with Crippen LogP contribution in [-0.4, -0.2) is 40.1 Å². The van der Waals surface area contributed by atoms with Gasteiger partial charge in [0.05, 0.1) is 12.6 Å². The maximum Gasteiger partial charge on any atom is 0.318 e. The number of likely N-dealkylation sites (tertiary alicyclic amines) is 1. The molecule has 148 valence electrons. The Labute approximate surface area is 170 Å². The largest absolute Gasteiger partial charge is 0.472 e. The molecule has 0 aliphatic carbocycles. The van der Waals surface area contributed by atoms with Gasteiger partial charge in [-0.2, -0.15) is 0 Å². The highest BCUT2D eigenvalue weighted by atomic mass is 16.5. The first-order valence-corrected chi connectivity index (χ1v) is 9.87. The summed E-state index contributed by atoms with van der Waals surface area (Å²) < 4.78 is 5.94. The molecule has 0 bridgehead atoms. The first-order chi connectivity index (χ1) is 14.3. The summed E-state index contributed by atoms with van der Waals surface area (Å²) in [5.41, 5.74) is 2.11. The second kappa shape index (κ2) is 9.19. The van der Waals surface area contributed by atoms with E-state index in [1.807, 2.05) is 65.6 Å². The van der Waals surface area contributed by atoms with E-state index in [0.29, 0.717) is 19.0 Å². The van der Waals surface area contributed by atoms with Crippen LogP contribution in [0.5, 0.6) is 5.88 Å². The van der Waals surface area contributed by atoms with E-state index < -0.39 is 0 Å². The predicted molar refractivity (Wildman–Crippen MR) is 111 cm³/mol. The van der Waals surface area contributed by atoms with Gasteiger partial charge >= 0.3 is 6.03 Å². The first kappa shape index (κ1) is 18.9. The van der Waals surface area contributed by atoms with Crippen molar-refractivity contribution in [2.75, 3.05) is 13.1 Å². The first-order valence-electron chi connectivity index (χ1n) is 9.87. The van der Waals surface area contributed by atoms with Crippen LogP contribution in [0.3, 0.4) is 0 Å². The van der Waals surface area contributed by atoms with Crippen molar-refractivity contribution < 1.29 is 9.53 Å². The minimum Gasteiger partial charge on any atom is -0.472 e. The summed E-state index contributed by atoms with van der Waals surface area (Å²) in [6.45, 7) is 1.25. The zero-order valence-electron chi connectivity index (χ0n) is 16.1. The molecule has 1 aromatic heterocycles. The van der Waals surface area contributed by atoms with E-state index in [2.05, 4.69) is 15.3 Å². The van der Waals surface area contributed by atoms with Gasteiger partial charge in [0.25, 0.3) is 0 Å². The van der Waals surface area contributed by atoms with Crippen LogP contribution in [0.25, 0.3) is 0 Å². The minimum atomic E-state index is -0.201. The molecule has 6 nitrogen and oxygen atoms in total. The average Bonchev–Trinajstić information content (AvgIpc) is 2.79. The maximum absolute atomic E-state index is 13.1. The minimum absolute atomic E-state index is 0.0729. The number of nitrogens with one attached hydrogen (secondary N) is 1. The molecule has 29 heavy (non-hydrogen) atoms. The quantitative estimate of drug-likeness (QED) is 0.722. The van der Waals surface area contributed by atoms with Crippen LogP contribution in [0, 0.1) is 0 Å². The van der Waals surface area contributed by atoms with Crippen molar-refractivity contribution >= 4 is 6.03 Å². The van der Waals surface area contributed by atoms with Crippen molar-refractivity contribution in [3.63, 3.8) is 0 Å². The van der Waals surface area contributed by atoms with Crippen LogP contribution in [0.1, 0.15) is 30.0 Å². The van der Waals surface area contributed by atoms with Crippen molar-refractivity contribution in [2.24, 2.45) is 0 Å². The van der Waals surface area contributed by atoms with Gasteiger partial charge in [-0.05, 0) is 24.0 Å². The van der Waals surface area contributed by atoms with E-state index in [1.165, 1.54) is 6.33 Å². The number of hydrogen-bond donors (Lipinski definition) is 1. The number of amides is 2. The summed E-state index contributed by atoms with van der Waals surface area (Å²) in [7, 11) is 0. The van der Waals surface area contributed by atoms with Gasteiger partial charge in [-0.25, -0.2) is 14.8 Å². The third-order valence-electron chi connectivity index (χ3n) is 5.04. The molecular formula is C23H24N4O2. The smallest absolute Gasteiger partial charge is 0.318 e. The third kappa shape index (κ3) is 4.90. The van der Waals surface area contributed by atoms with Crippen molar-refractivity contribution in [2.45, 2.75) is 25.0 Å². The number of urea groups is 1. The van der Waals surface area contributed by atoms with Crippen molar-refractivity contribution in [3.8, 4) is 5.88 Å². The van der Waals surface area contributed by atoms with Crippen LogP contribution >= 0.6 is 0 Å². The fourth-order valence-electron chi connectivity index (χ4n) is 3.60. The van der Waals surface area contributed by atoms with E-state index in [-0.39, 0.29) is 18.2 Å². The van der Waals surface area contributed by atoms with Crippen molar-refractivity contribution in [1.29, 1.82) is 0 Å². The van der Waals surface area contributed by atoms with Crippen LogP contribution in [0.2, 0.25) is 0 Å². The van der Waals surface area contributed by atoms with E-state index in [0.717, 1.165) is 24.0 Å². The fraction of sp³-hybridized carbons (Fsp3) is 0.261. The van der Waals surface area contributed by atoms with Crippen LogP contribution in [0.4, 0.5) is 4.79 Å². The van der Waals surface area contributed by atoms with Gasteiger partial charge in [-0.1, -0.05) is 60.7 Å². The van der Waals surface area contributed by atoms with E-state index >= 15 is 0 Å². The standard InChI is InChI=1S/C23H24N4O2/c28-23(27-15-7-12-20(16-27)29-21-13-14-24-17-25-21)26-22(18-8-3-1-4-9-18)19-10-5-2-6-11-19/h1-6,8-11,13-14,17,20,22H,7,12,15-16H2,(H,26,28). The monoisotopic (exact) mass is 388 g/mol. The Morgan fingerprint density at radius 1 is 1.03 bits per heavy atom. The Hall–Kier alpha value is -3.41. The number of aromatic nitrogens is 2. The number of rotatable bonds is 5. The van der Waals surface area contributed by atoms with Gasteiger partial charge in [0, 0.05) is 18.8 Å². The summed E-state index contributed by atoms with van der Waals surface area (Å²) in [4.78, 5) is 22.9. The number of hydrogen-bond acceptors (Lipinski definition) is 4. The van der Waals surface area contributed by atoms with Gasteiger partial charge in [0.1, 0.15) is 12.4 Å². The average molecular weight is 388 g/mol. The lowest BCUT2D eigenvalue weighted by Crippen LogP contribution is -2.49. The van der Waals surface area contributed by atoms with Crippen LogP contribution in [-0.2, 0) is 0 Å². The molecular weight excluding hydrogens is 364 g/mol. The summed E-state index contributed by atoms with van der Waals surface area (Å²) in [5.74, 6) is 0.540. The molecule has 6 heteroatoms. The van der Waals surface area contributed by atoms with Gasteiger partial charge in [0.15, 0.2) is 0 Å². The highest BCUT2D eigenvalue weighted by Gasteiger charge is 2.27. The molecule has 0 spiro atoms. The molecule has 1 fully saturated rings. The normalized spacial score (nSPS) is 16.4. The zero-order valence-corrected chi connectivity index (χ0v) is 16.1. The highest BCUT2D eigenvalue weighted by Crippen LogP contribution is 2.23. The number of carbonyl (C=O) groups is 1. The van der Waals surface area contributed by atoms with Crippen molar-refractivity contribution in [3.05, 3.63) is 90.4 Å². The number of ether oxygens (including phenoxy) is 1. The van der Waals surface area contributed by atoms with Crippen molar-refractivity contribution in [1.82, 2.24) is 20.2 Å². The molecule has 1 aliphatic rings. The third-order valence-corrected chi connectivity index (χ3v) is 5.04. The zero-order chi connectivity index (χ0) is 19.9. The highest BCUT2D eigenvalue weighted by molar-refractivity contribution is 5.75. The summed E-state index contributed by atoms with van der Waals surface area (Å²) >= 11 is 0. The predicted octanol–water partition coefficient (Wildman–Crippen LogP) is 3.82. The Bertz CT molecular complexity index is 866. The summed E-state index contributed by atoms with van der Waals surface area (Å²) in [6, 6.07) is 21.5. The molecule has 2 aromatic carbocycles. The molecule has 1 N–H and O–H groups in total. The van der Waals surface area contributed by atoms with E-state index in [4.69, 9.17) is 4.74 Å². The second-order valence-electron chi connectivity index (χ2n) is 7.08. The fourth-order valence-corrected chi connectivity index (χ4v) is 3.60. The van der Waals surface area contributed by atoms with Crippen LogP contribution in [0.15, 0.2) is 79.3 Å². The molecule has 2 heterocycles. The van der Waals surface area contributed by atoms with E-state index in [9.17, 15) is 4.79 Å². The molecule has 4 rings (SSSR count). The van der Waals surface area contributed by atoms with Gasteiger partial charge in [0.2, 0.25) is 5.88 Å². The number of piperidine rings is 1. The molecule has 1 unspecified atom stereocenters. The van der Waals surface area contributed by atoms with Gasteiger partial charge in [-0.15, -0.1) is 0 Å². The molecule has 0 radical (unpaired) electrons. The Morgan fingerprint density at radius 2 is 1.72 bits per heavy atom. The Kier molecular flexibility index (Phi) is 6.00. The molecule has 2 amide bonds. The van der Waals surface area contributed by atoms with Crippen LogP contribution < -0.4 is 10.1 Å². The van der Waals surface area contributed by atoms with Gasteiger partial charge in [-0.3, -0.25) is 0 Å². The lowest BCUT2D eigenvalue weighted by molar-refractivity contribution is 0.0970. The molecule has 1 saturated heterocycles. The lowest BCUT2D eigenvalue weighted by atomic mass is 9.99. The molecule has 1 aliphatic heterocycles. The molecule has 1 atom stereocenters. The molecule has 0 saturated carbocycles. The topological polar surface area (TPSA) is 67.4 Å². The number of carbonyl (C=O) groups excluding carboxylic acids is 1. The van der Waals surface area contributed by atoms with E-state index in [1.54, 1.807) is 12.3 Å². The number of nitrogens with zero attached hydrogens (tertiary/aromatic N) is 3. The number of benzene rings is 2. The second-order valence-corrected chi connectivity index (χ2v) is 7.08. The maximum atomic E-state index is 13.1. The Balaban J connectivity index is 1.46. The lowest BCUT2D eigenvalue weighted by Gasteiger charge is -2.34. The summed E-state index contributed by atoms with van der Waals surface area (Å²) in [5, 5.41) is 3.21. The molecule has 3 aromatic rings. The van der Waals surface area contributed by atoms with Gasteiger partial charge < -0.3 is 15.0 Å². The Morgan fingerprint density at radius 3 is 2.34 bits per heavy atom.